The SMILES string of the molecule is Cc1ccc(-c2ccc3c(c2)c(-c2cccc4ccccc24)c(-c2cccc4ccccc24)c2cc(-c4cc5ccccc5cc4-c4ccccc4)ccc23)cc1C. The molecule has 272 valence electrons. The quantitative estimate of drug-likeness (QED) is 0.154. The summed E-state index contributed by atoms with van der Waals surface area (Å²) in [6.45, 7) is 4.40. The fourth-order valence-electron chi connectivity index (χ4n) is 9.29. The first-order valence-corrected chi connectivity index (χ1v) is 20.2. The van der Waals surface area contributed by atoms with Crippen molar-refractivity contribution in [3.8, 4) is 55.6 Å². The fraction of sp³-hybridized carbons (Fsp3) is 0.0345. The van der Waals surface area contributed by atoms with Crippen molar-refractivity contribution >= 4 is 53.9 Å². The lowest BCUT2D eigenvalue weighted by Gasteiger charge is -2.22. The van der Waals surface area contributed by atoms with Crippen LogP contribution in [0.15, 0.2) is 206 Å². The molecule has 0 saturated carbocycles. The molecule has 0 saturated heterocycles. The zero-order valence-corrected chi connectivity index (χ0v) is 32.6. The van der Waals surface area contributed by atoms with E-state index in [1.54, 1.807) is 0 Å². The van der Waals surface area contributed by atoms with Crippen LogP contribution in [0.1, 0.15) is 11.1 Å². The minimum absolute atomic E-state index is 1.20. The Hall–Kier alpha value is -7.28. The van der Waals surface area contributed by atoms with E-state index >= 15 is 0 Å². The Morgan fingerprint density at radius 1 is 0.224 bits per heavy atom. The first kappa shape index (κ1) is 34.0. The van der Waals surface area contributed by atoms with Crippen molar-refractivity contribution < 1.29 is 0 Å². The maximum absolute atomic E-state index is 2.48. The van der Waals surface area contributed by atoms with Gasteiger partial charge in [-0.05, 0) is 159 Å². The van der Waals surface area contributed by atoms with Crippen LogP contribution in [0.5, 0.6) is 0 Å². The summed E-state index contributed by atoms with van der Waals surface area (Å²) in [7, 11) is 0. The van der Waals surface area contributed by atoms with Gasteiger partial charge in [-0.25, -0.2) is 0 Å². The van der Waals surface area contributed by atoms with Crippen molar-refractivity contribution in [3.05, 3.63) is 217 Å². The van der Waals surface area contributed by atoms with Gasteiger partial charge in [-0.15, -0.1) is 0 Å². The molecule has 0 heteroatoms. The smallest absolute Gasteiger partial charge is 0.00137 e. The molecule has 0 N–H and O–H groups in total. The molecule has 0 aliphatic heterocycles. The van der Waals surface area contributed by atoms with E-state index in [1.165, 1.54) is 121 Å². The number of aryl methyl sites for hydroxylation is 2. The summed E-state index contributed by atoms with van der Waals surface area (Å²) >= 11 is 0. The van der Waals surface area contributed by atoms with Gasteiger partial charge >= 0.3 is 0 Å². The number of benzene rings is 11. The van der Waals surface area contributed by atoms with E-state index < -0.39 is 0 Å². The summed E-state index contributed by atoms with van der Waals surface area (Å²) in [6, 6.07) is 76.9. The van der Waals surface area contributed by atoms with Gasteiger partial charge in [0.25, 0.3) is 0 Å². The predicted octanol–water partition coefficient (Wildman–Crippen LogP) is 16.4. The van der Waals surface area contributed by atoms with E-state index in [1.807, 2.05) is 0 Å². The number of fused-ring (bicyclic) bond motifs is 6. The Morgan fingerprint density at radius 2 is 0.672 bits per heavy atom. The Balaban J connectivity index is 1.32. The largest absolute Gasteiger partial charge is 0.0622 e. The lowest BCUT2D eigenvalue weighted by molar-refractivity contribution is 1.34. The Bertz CT molecular complexity index is 3390. The average molecular weight is 737 g/mol. The Labute approximate surface area is 339 Å². The maximum Gasteiger partial charge on any atom is -0.00137 e. The minimum atomic E-state index is 1.20. The molecular weight excluding hydrogens is 697 g/mol. The summed E-state index contributed by atoms with van der Waals surface area (Å²) in [5, 5.41) is 12.5. The van der Waals surface area contributed by atoms with E-state index in [4.69, 9.17) is 0 Å². The first-order chi connectivity index (χ1) is 28.6. The zero-order chi connectivity index (χ0) is 38.7. The third-order valence-electron chi connectivity index (χ3n) is 12.4. The number of hydrogen-bond acceptors (Lipinski definition) is 0. The molecule has 0 amide bonds. The Kier molecular flexibility index (Phi) is 8.05. The molecule has 0 heterocycles. The first-order valence-electron chi connectivity index (χ1n) is 20.2. The van der Waals surface area contributed by atoms with E-state index in [0.29, 0.717) is 0 Å². The molecule has 0 spiro atoms. The van der Waals surface area contributed by atoms with Crippen LogP contribution in [0.4, 0.5) is 0 Å². The van der Waals surface area contributed by atoms with Gasteiger partial charge in [0, 0.05) is 0 Å². The lowest BCUT2D eigenvalue weighted by Crippen LogP contribution is -1.95. The van der Waals surface area contributed by atoms with Crippen LogP contribution >= 0.6 is 0 Å². The van der Waals surface area contributed by atoms with Crippen LogP contribution in [0.25, 0.3) is 109 Å². The third-order valence-corrected chi connectivity index (χ3v) is 12.4. The van der Waals surface area contributed by atoms with Gasteiger partial charge in [0.2, 0.25) is 0 Å². The second kappa shape index (κ2) is 13.7. The molecule has 0 fully saturated rings. The van der Waals surface area contributed by atoms with E-state index in [9.17, 15) is 0 Å². The van der Waals surface area contributed by atoms with Crippen molar-refractivity contribution in [2.75, 3.05) is 0 Å². The van der Waals surface area contributed by atoms with Gasteiger partial charge in [0.05, 0.1) is 0 Å². The normalized spacial score (nSPS) is 11.6. The molecule has 0 bridgehead atoms. The second-order valence-corrected chi connectivity index (χ2v) is 15.7. The maximum atomic E-state index is 2.48. The summed E-state index contributed by atoms with van der Waals surface area (Å²) in [5.41, 5.74) is 15.0. The topological polar surface area (TPSA) is 0 Å². The predicted molar refractivity (Wildman–Crippen MR) is 251 cm³/mol. The zero-order valence-electron chi connectivity index (χ0n) is 32.6. The molecule has 11 rings (SSSR count). The third kappa shape index (κ3) is 5.60. The molecule has 0 aliphatic rings. The van der Waals surface area contributed by atoms with Gasteiger partial charge in [-0.3, -0.25) is 0 Å². The van der Waals surface area contributed by atoms with Crippen LogP contribution in [0, 0.1) is 13.8 Å². The van der Waals surface area contributed by atoms with Crippen LogP contribution in [-0.4, -0.2) is 0 Å². The summed E-state index contributed by atoms with van der Waals surface area (Å²) in [6.07, 6.45) is 0. The molecule has 0 atom stereocenters. The van der Waals surface area contributed by atoms with Crippen LogP contribution in [-0.2, 0) is 0 Å². The van der Waals surface area contributed by atoms with Gasteiger partial charge in [0.15, 0.2) is 0 Å². The van der Waals surface area contributed by atoms with Crippen LogP contribution in [0.3, 0.4) is 0 Å². The van der Waals surface area contributed by atoms with Crippen LogP contribution in [0.2, 0.25) is 0 Å². The van der Waals surface area contributed by atoms with Crippen molar-refractivity contribution in [2.24, 2.45) is 0 Å². The van der Waals surface area contributed by atoms with E-state index in [2.05, 4.69) is 220 Å². The van der Waals surface area contributed by atoms with Gasteiger partial charge in [-0.1, -0.05) is 182 Å². The molecule has 0 unspecified atom stereocenters. The average Bonchev–Trinajstić information content (AvgIpc) is 3.28. The summed E-state index contributed by atoms with van der Waals surface area (Å²) in [4.78, 5) is 0. The highest BCUT2D eigenvalue weighted by molar-refractivity contribution is 6.26. The molecule has 0 radical (unpaired) electrons. The monoisotopic (exact) mass is 736 g/mol. The molecule has 58 heavy (non-hydrogen) atoms. The van der Waals surface area contributed by atoms with E-state index in [-0.39, 0.29) is 0 Å². The number of hydrogen-bond donors (Lipinski definition) is 0. The van der Waals surface area contributed by atoms with E-state index in [0.717, 1.165) is 0 Å². The van der Waals surface area contributed by atoms with Crippen molar-refractivity contribution in [1.29, 1.82) is 0 Å². The highest BCUT2D eigenvalue weighted by atomic mass is 14.3. The molecular formula is C58H40. The van der Waals surface area contributed by atoms with Crippen molar-refractivity contribution in [3.63, 3.8) is 0 Å². The summed E-state index contributed by atoms with van der Waals surface area (Å²) in [5.74, 6) is 0. The molecule has 0 nitrogen and oxygen atoms in total. The molecule has 11 aromatic carbocycles. The molecule has 0 aromatic heterocycles. The standard InChI is InChI=1S/C58H40/c1-37-26-27-44(32-38(37)2)45-28-30-49-50-31-29-46(54-34-43-19-7-6-18-42(43)33-53(54)41-14-4-3-5-15-41)36-56(50)58(52-25-13-21-40-17-9-11-23-48(40)52)57(55(49)35-45)51-24-12-20-39-16-8-10-22-47(39)51/h3-36H,1-2H3. The van der Waals surface area contributed by atoms with Crippen molar-refractivity contribution in [1.82, 2.24) is 0 Å². The highest BCUT2D eigenvalue weighted by Gasteiger charge is 2.22. The van der Waals surface area contributed by atoms with Crippen LogP contribution < -0.4 is 0 Å². The highest BCUT2D eigenvalue weighted by Crippen LogP contribution is 2.50. The Morgan fingerprint density at radius 3 is 1.26 bits per heavy atom. The van der Waals surface area contributed by atoms with Gasteiger partial charge in [-0.2, -0.15) is 0 Å². The number of rotatable bonds is 5. The van der Waals surface area contributed by atoms with Crippen molar-refractivity contribution in [2.45, 2.75) is 13.8 Å². The fourth-order valence-corrected chi connectivity index (χ4v) is 9.29. The second-order valence-electron chi connectivity index (χ2n) is 15.7. The molecule has 0 aliphatic carbocycles. The lowest BCUT2D eigenvalue weighted by atomic mass is 9.80. The summed E-state index contributed by atoms with van der Waals surface area (Å²) < 4.78 is 0. The van der Waals surface area contributed by atoms with Gasteiger partial charge < -0.3 is 0 Å². The molecule has 11 aromatic rings. The van der Waals surface area contributed by atoms with Gasteiger partial charge in [0.1, 0.15) is 0 Å². The minimum Gasteiger partial charge on any atom is -0.0622 e.